The second-order valence-electron chi connectivity index (χ2n) is 27.4. The maximum Gasteiger partial charge on any atom is -0.00000000596 e. The van der Waals surface area contributed by atoms with Gasteiger partial charge in [-0.25, -0.2) is 0 Å². The van der Waals surface area contributed by atoms with Gasteiger partial charge in [-0.05, 0) is 323 Å². The molecule has 0 N–H and O–H groups in total. The molecule has 31 aromatic carbocycles. The molecule has 0 aliphatic rings. The summed E-state index contributed by atoms with van der Waals surface area (Å²) in [5.74, 6) is 0. The van der Waals surface area contributed by atoms with Gasteiger partial charge in [0.1, 0.15) is 0 Å². The highest BCUT2D eigenvalue weighted by Crippen LogP contribution is 2.71. The zero-order valence-corrected chi connectivity index (χ0v) is 43.9. The Labute approximate surface area is 465 Å². The molecule has 360 valence electrons. The lowest BCUT2D eigenvalue weighted by Crippen LogP contribution is -2.07. The van der Waals surface area contributed by atoms with E-state index in [1.54, 1.807) is 0 Å². The van der Waals surface area contributed by atoms with Gasteiger partial charge >= 0.3 is 0 Å². The molecule has 0 aliphatic heterocycles. The highest BCUT2D eigenvalue weighted by atomic mass is 14.4. The molecule has 0 heterocycles. The largest absolute Gasteiger partial charge is 0.0537 e. The maximum atomic E-state index is 2.53. The highest BCUT2D eigenvalue weighted by Gasteiger charge is 2.42. The Hall–Kier alpha value is -10.9. The van der Waals surface area contributed by atoms with Gasteiger partial charge in [0.25, 0.3) is 0 Å². The van der Waals surface area contributed by atoms with E-state index in [4.69, 9.17) is 0 Å². The molecule has 31 rings (SSSR count). The minimum atomic E-state index is 1.35. The molecule has 0 nitrogen and oxygen atoms in total. The van der Waals surface area contributed by atoms with Crippen LogP contribution in [-0.4, -0.2) is 0 Å². The summed E-state index contributed by atoms with van der Waals surface area (Å²) >= 11 is 0. The third-order valence-electron chi connectivity index (χ3n) is 25.4. The molecule has 0 aliphatic carbocycles. The molecule has 31 aromatic rings. The summed E-state index contributed by atoms with van der Waals surface area (Å²) in [6.45, 7) is 0. The van der Waals surface area contributed by atoms with Crippen molar-refractivity contribution in [1.29, 1.82) is 0 Å². The Morgan fingerprint density at radius 2 is 0.155 bits per heavy atom. The third kappa shape index (κ3) is 2.68. The van der Waals surface area contributed by atoms with Crippen molar-refractivity contribution >= 4 is 323 Å². The van der Waals surface area contributed by atoms with Gasteiger partial charge in [-0.3, -0.25) is 0 Å². The molecule has 0 saturated carbocycles. The van der Waals surface area contributed by atoms with Crippen molar-refractivity contribution < 1.29 is 0 Å². The second kappa shape index (κ2) is 9.77. The van der Waals surface area contributed by atoms with Crippen molar-refractivity contribution in [2.45, 2.75) is 0 Å². The Morgan fingerprint density at radius 3 is 0.250 bits per heavy atom. The fraction of sp³-hybridized carbons (Fsp3) is 0. The molecule has 0 aromatic heterocycles. The first-order valence-corrected chi connectivity index (χ1v) is 30.4. The van der Waals surface area contributed by atoms with Gasteiger partial charge in [-0.15, -0.1) is 0 Å². The van der Waals surface area contributed by atoms with Crippen molar-refractivity contribution in [2.24, 2.45) is 0 Å². The van der Waals surface area contributed by atoms with Crippen LogP contribution in [0.1, 0.15) is 0 Å². The van der Waals surface area contributed by atoms with E-state index in [0.29, 0.717) is 0 Å². The quantitative estimate of drug-likeness (QED) is 0.105. The fourth-order valence-corrected chi connectivity index (χ4v) is 23.3. The average molecular weight is 1030 g/mol. The summed E-state index contributed by atoms with van der Waals surface area (Å²) in [4.78, 5) is 0. The van der Waals surface area contributed by atoms with E-state index in [2.05, 4.69) is 146 Å². The molecule has 84 heavy (non-hydrogen) atoms. The van der Waals surface area contributed by atoms with Crippen LogP contribution in [0.3, 0.4) is 0 Å². The Balaban J connectivity index is 1.12. The van der Waals surface area contributed by atoms with Crippen molar-refractivity contribution in [3.8, 4) is 0 Å². The molecule has 0 unspecified atom stereocenters. The summed E-state index contributed by atoms with van der Waals surface area (Å²) in [6.07, 6.45) is 0. The lowest BCUT2D eigenvalue weighted by molar-refractivity contribution is 1.83. The van der Waals surface area contributed by atoms with Gasteiger partial charge in [0.05, 0.1) is 0 Å². The minimum Gasteiger partial charge on any atom is -0.0537 e. The number of rotatable bonds is 0. The summed E-state index contributed by atoms with van der Waals surface area (Å²) in [5.41, 5.74) is 0. The molecule has 0 radical (unpaired) electrons. The van der Waals surface area contributed by atoms with Crippen molar-refractivity contribution in [1.82, 2.24) is 0 Å². The maximum absolute atomic E-state index is 2.53. The Bertz CT molecular complexity index is 6790. The second-order valence-corrected chi connectivity index (χ2v) is 27.4. The SMILES string of the molecule is c1cc2c3ccc4ccc5c6ccc7ccc8c9ccc%10ccc%11c%12ccc%13ccc%14c%15ccc%16ccc%17c%18ccc1c1c2c2c%19c3c4c5c3c4c6c7c8c5c6c9c%10c%11c7c8c%12c%13c%14c9c%10c%15c%16c%17c%11c(c%181)c2c1c(c%193)c(c45)c(c67)c(c98)c1c%11%10. The highest BCUT2D eigenvalue weighted by molar-refractivity contribution is 6.75. The van der Waals surface area contributed by atoms with E-state index in [1.807, 2.05) is 0 Å². The van der Waals surface area contributed by atoms with Gasteiger partial charge < -0.3 is 0 Å². The summed E-state index contributed by atoms with van der Waals surface area (Å²) in [7, 11) is 0. The van der Waals surface area contributed by atoms with Gasteiger partial charge in [0.15, 0.2) is 0 Å². The molecular weight excluding hydrogens is 1010 g/mol. The van der Waals surface area contributed by atoms with E-state index in [-0.39, 0.29) is 0 Å². The van der Waals surface area contributed by atoms with Gasteiger partial charge in [-0.2, -0.15) is 0 Å². The van der Waals surface area contributed by atoms with E-state index in [1.165, 1.54) is 323 Å². The van der Waals surface area contributed by atoms with E-state index < -0.39 is 0 Å². The van der Waals surface area contributed by atoms with Crippen LogP contribution in [0.4, 0.5) is 0 Å². The van der Waals surface area contributed by atoms with Gasteiger partial charge in [0.2, 0.25) is 0 Å². The van der Waals surface area contributed by atoms with Crippen molar-refractivity contribution in [3.05, 3.63) is 146 Å². The predicted molar refractivity (Wildman–Crippen MR) is 367 cm³/mol. The third-order valence-corrected chi connectivity index (χ3v) is 25.4. The molecule has 0 fully saturated rings. The fourth-order valence-electron chi connectivity index (χ4n) is 23.3. The summed E-state index contributed by atoms with van der Waals surface area (Å²) < 4.78 is 0. The molecule has 0 atom stereocenters. The van der Waals surface area contributed by atoms with Crippen LogP contribution in [0.2, 0.25) is 0 Å². The van der Waals surface area contributed by atoms with Crippen LogP contribution in [0.25, 0.3) is 323 Å². The predicted octanol–water partition coefficient (Wildman–Crippen LogP) is 24.5. The van der Waals surface area contributed by atoms with Crippen molar-refractivity contribution in [2.75, 3.05) is 0 Å². The molecule has 0 amide bonds. The molecule has 0 saturated heterocycles. The minimum absolute atomic E-state index is 1.35. The average Bonchev–Trinajstić information content (AvgIpc) is 0.633. The van der Waals surface area contributed by atoms with Crippen LogP contribution in [0.15, 0.2) is 146 Å². The van der Waals surface area contributed by atoms with E-state index in [0.717, 1.165) is 0 Å². The van der Waals surface area contributed by atoms with E-state index >= 15 is 0 Å². The number of fused-ring (bicyclic) bond motifs is 6. The number of hydrogen-bond donors (Lipinski definition) is 0. The van der Waals surface area contributed by atoms with Crippen LogP contribution in [-0.2, 0) is 0 Å². The zero-order valence-electron chi connectivity index (χ0n) is 43.9. The smallest absolute Gasteiger partial charge is 0.00000000596 e. The van der Waals surface area contributed by atoms with Crippen LogP contribution in [0.5, 0.6) is 0 Å². The van der Waals surface area contributed by atoms with Gasteiger partial charge in [0, 0.05) is 0 Å². The first kappa shape index (κ1) is 35.7. The first-order valence-electron chi connectivity index (χ1n) is 30.4. The summed E-state index contributed by atoms with van der Waals surface area (Å²) in [6, 6.07) is 60.2. The molecule has 0 bridgehead atoms. The normalized spacial score (nSPS) is 15.1. The Morgan fingerprint density at radius 1 is 0.0714 bits per heavy atom. The lowest BCUT2D eigenvalue weighted by Gasteiger charge is -2.36. The van der Waals surface area contributed by atoms with Crippen LogP contribution < -0.4 is 0 Å². The topological polar surface area (TPSA) is 0 Å². The van der Waals surface area contributed by atoms with Crippen LogP contribution in [0, 0.1) is 0 Å². The monoisotopic (exact) mass is 1030 g/mol. The standard InChI is InChI=1S/C84H24/c1-13-31-32-15-3-26-5-17-35-36-18-7-28-9-21-39-41-23-11-30-12-24-42-40-22-10-29-8-20-38-37-19-6-27-4-16-34-33-14-2-25(1)43-49(31)61-63-51(32)44(26)53(35)65-67-55(36)46(28)57(39)69-71-59(41)48(30)60(42)72-70-58(40)47(29)56(38)68-66-54(37)45(27)52(34)64-62(50(33)43)73(61)79-80(74(63)65)82(76(67)69)84(78(71)72)83(77(68)70)81(79)75(64)66/h1-24H. The van der Waals surface area contributed by atoms with Crippen LogP contribution >= 0.6 is 0 Å². The number of hydrogen-bond acceptors (Lipinski definition) is 0. The van der Waals surface area contributed by atoms with E-state index in [9.17, 15) is 0 Å². The van der Waals surface area contributed by atoms with Crippen molar-refractivity contribution in [3.63, 3.8) is 0 Å². The van der Waals surface area contributed by atoms with Gasteiger partial charge in [-0.1, -0.05) is 146 Å². The zero-order chi connectivity index (χ0) is 51.6. The molecule has 0 spiro atoms. The number of benzene rings is 31. The lowest BCUT2D eigenvalue weighted by atomic mass is 9.65. The Kier molecular flexibility index (Phi) is 4.16. The molecule has 0 heteroatoms. The molecular formula is C84H24. The first-order chi connectivity index (χ1) is 41.8. The summed E-state index contributed by atoms with van der Waals surface area (Å²) in [5, 5.41) is 87.8.